The molecule has 0 saturated heterocycles. The standard InChI is InChI=1S/C95H63B2N5S/c1-62-50-86-90-87(51-62)101-83-44-26-27-45-84(83)102-89-61-79(98(75-40-22-8-23-41-75)76-42-24-9-25-43-76)60-88-91(89)97(81-58-69(63-28-10-2-11-29-63)47-49-82(81)99(88)77-54-71(65-32-14-4-15-33-65)52-72(55-77)66-34-16-5-17-35-66)95-93(102)92(101)94(103-95)96(90)80-48-46-70(64-30-12-3-13-31-64)59-85(80)100(86)78-56-73(67-36-18-6-19-37-67)53-74(57-78)68-38-20-7-21-39-68/h2-61H,1H3. The van der Waals surface area contributed by atoms with Crippen LogP contribution in [0.25, 0.3) is 66.8 Å². The lowest BCUT2D eigenvalue weighted by Gasteiger charge is -2.49. The number of fused-ring (bicyclic) bond motifs is 11. The molecule has 0 spiro atoms. The van der Waals surface area contributed by atoms with Gasteiger partial charge in [0.2, 0.25) is 0 Å². The number of hydrogen-bond donors (Lipinski definition) is 0. The van der Waals surface area contributed by atoms with Crippen LogP contribution in [-0.4, -0.2) is 13.4 Å². The highest BCUT2D eigenvalue weighted by Crippen LogP contribution is 2.60. The maximum Gasteiger partial charge on any atom is 0.264 e. The number of anilines is 15. The van der Waals surface area contributed by atoms with Crippen LogP contribution in [0.4, 0.5) is 85.3 Å². The topological polar surface area (TPSA) is 16.2 Å². The maximum atomic E-state index is 2.69. The van der Waals surface area contributed by atoms with E-state index < -0.39 is 0 Å². The first-order chi connectivity index (χ1) is 51.0. The van der Waals surface area contributed by atoms with Crippen LogP contribution >= 0.6 is 11.3 Å². The fourth-order valence-corrected chi connectivity index (χ4v) is 18.7. The van der Waals surface area contributed by atoms with Crippen molar-refractivity contribution in [3.8, 4) is 66.8 Å². The summed E-state index contributed by atoms with van der Waals surface area (Å²) in [7, 11) is 0. The Balaban J connectivity index is 0.870. The van der Waals surface area contributed by atoms with Crippen molar-refractivity contribution in [3.63, 3.8) is 0 Å². The molecule has 6 heterocycles. The number of aryl methyl sites for hydroxylation is 1. The molecule has 0 fully saturated rings. The number of para-hydroxylation sites is 4. The van der Waals surface area contributed by atoms with Crippen molar-refractivity contribution in [2.24, 2.45) is 0 Å². The highest BCUT2D eigenvalue weighted by atomic mass is 32.1. The van der Waals surface area contributed by atoms with Crippen LogP contribution in [0.1, 0.15) is 5.56 Å². The summed E-state index contributed by atoms with van der Waals surface area (Å²) in [6, 6.07) is 136. The van der Waals surface area contributed by atoms with Crippen LogP contribution in [-0.2, 0) is 0 Å². The van der Waals surface area contributed by atoms with E-state index in [9.17, 15) is 0 Å². The molecule has 0 unspecified atom stereocenters. The van der Waals surface area contributed by atoms with E-state index in [1.54, 1.807) is 0 Å². The molecule has 0 radical (unpaired) electrons. The molecule has 0 amide bonds. The minimum Gasteiger partial charge on any atom is -0.311 e. The van der Waals surface area contributed by atoms with Crippen LogP contribution in [0.15, 0.2) is 364 Å². The zero-order valence-corrected chi connectivity index (χ0v) is 57.3. The predicted molar refractivity (Wildman–Crippen MR) is 438 cm³/mol. The summed E-state index contributed by atoms with van der Waals surface area (Å²) in [5.41, 5.74) is 37.5. The van der Waals surface area contributed by atoms with Gasteiger partial charge in [-0.3, -0.25) is 0 Å². The molecule has 5 aliphatic rings. The van der Waals surface area contributed by atoms with Gasteiger partial charge in [-0.15, -0.1) is 0 Å². The summed E-state index contributed by atoms with van der Waals surface area (Å²) in [4.78, 5) is 13.1. The van der Waals surface area contributed by atoms with E-state index in [4.69, 9.17) is 0 Å². The monoisotopic (exact) mass is 1330 g/mol. The number of thiophene rings is 1. The van der Waals surface area contributed by atoms with Gasteiger partial charge < -0.3 is 24.5 Å². The molecule has 0 N–H and O–H groups in total. The second-order valence-corrected chi connectivity index (χ2v) is 28.7. The van der Waals surface area contributed by atoms with Crippen molar-refractivity contribution in [3.05, 3.63) is 370 Å². The smallest absolute Gasteiger partial charge is 0.264 e. The Kier molecular flexibility index (Phi) is 13.5. The third kappa shape index (κ3) is 9.41. The van der Waals surface area contributed by atoms with Gasteiger partial charge in [0.1, 0.15) is 0 Å². The van der Waals surface area contributed by atoms with Crippen LogP contribution in [0.2, 0.25) is 0 Å². The molecule has 5 nitrogen and oxygen atoms in total. The van der Waals surface area contributed by atoms with E-state index in [0.717, 1.165) is 79.1 Å². The average Bonchev–Trinajstić information content (AvgIpc) is 1.58. The lowest BCUT2D eigenvalue weighted by atomic mass is 9.35. The van der Waals surface area contributed by atoms with Gasteiger partial charge in [0.25, 0.3) is 13.4 Å². The Morgan fingerprint density at radius 1 is 0.233 bits per heavy atom. The van der Waals surface area contributed by atoms with Crippen LogP contribution in [0.3, 0.4) is 0 Å². The number of rotatable bonds is 11. The summed E-state index contributed by atoms with van der Waals surface area (Å²) in [5.74, 6) is 0. The molecular weight excluding hydrogens is 1260 g/mol. The summed E-state index contributed by atoms with van der Waals surface area (Å²) in [5, 5.41) is 0. The highest BCUT2D eigenvalue weighted by Gasteiger charge is 2.54. The normalized spacial score (nSPS) is 13.0. The van der Waals surface area contributed by atoms with Crippen molar-refractivity contribution in [2.75, 3.05) is 24.5 Å². The van der Waals surface area contributed by atoms with Crippen molar-refractivity contribution in [1.82, 2.24) is 0 Å². The fourth-order valence-electron chi connectivity index (χ4n) is 17.2. The molecule has 480 valence electrons. The third-order valence-corrected chi connectivity index (χ3v) is 22.9. The molecule has 0 atom stereocenters. The van der Waals surface area contributed by atoms with Gasteiger partial charge in [-0.2, -0.15) is 11.3 Å². The minimum atomic E-state index is -0.197. The summed E-state index contributed by atoms with van der Waals surface area (Å²) in [6.45, 7) is 1.96. The largest absolute Gasteiger partial charge is 0.311 e. The van der Waals surface area contributed by atoms with E-state index in [1.165, 1.54) is 110 Å². The molecule has 103 heavy (non-hydrogen) atoms. The van der Waals surface area contributed by atoms with Gasteiger partial charge in [-0.05, 0) is 210 Å². The minimum absolute atomic E-state index is 0.140. The van der Waals surface area contributed by atoms with E-state index in [2.05, 4.69) is 395 Å². The second kappa shape index (κ2) is 23.6. The maximum absolute atomic E-state index is 2.69. The van der Waals surface area contributed by atoms with Gasteiger partial charge in [-0.25, -0.2) is 0 Å². The summed E-state index contributed by atoms with van der Waals surface area (Å²) in [6.07, 6.45) is 0. The van der Waals surface area contributed by atoms with Crippen molar-refractivity contribution in [1.29, 1.82) is 0 Å². The molecule has 0 bridgehead atoms. The fraction of sp³-hybridized carbons (Fsp3) is 0.0105. The van der Waals surface area contributed by atoms with E-state index in [-0.39, 0.29) is 13.4 Å². The number of nitrogens with zero attached hydrogens (tertiary/aromatic N) is 5. The van der Waals surface area contributed by atoms with Crippen LogP contribution in [0, 0.1) is 6.92 Å². The molecule has 0 saturated carbocycles. The van der Waals surface area contributed by atoms with Crippen molar-refractivity contribution in [2.45, 2.75) is 6.92 Å². The zero-order chi connectivity index (χ0) is 67.8. The summed E-state index contributed by atoms with van der Waals surface area (Å²) >= 11 is 2.03. The Hall–Kier alpha value is -12.9. The molecular formula is C95H63B2N5S. The molecule has 15 aromatic carbocycles. The SMILES string of the molecule is Cc1cc2c3c(c1)N1c4ccccc4N4c5cc(N(c6ccccc6)c6ccccc6)cc6c5B(c5cc(-c7ccccc7)ccc5N6c5cc(-c6ccccc6)cc(-c6ccccc6)c5)c5sc(c1c54)B3c1ccc(-c3ccccc3)cc1N2c1cc(-c2ccccc2)cc(-c2ccccc2)c1. The zero-order valence-electron chi connectivity index (χ0n) is 56.4. The lowest BCUT2D eigenvalue weighted by molar-refractivity contribution is 1.17. The Morgan fingerprint density at radius 3 is 1.01 bits per heavy atom. The molecule has 16 aromatic rings. The Morgan fingerprint density at radius 2 is 0.573 bits per heavy atom. The quantitative estimate of drug-likeness (QED) is 0.120. The first-order valence-electron chi connectivity index (χ1n) is 35.6. The van der Waals surface area contributed by atoms with E-state index >= 15 is 0 Å². The van der Waals surface area contributed by atoms with Gasteiger partial charge in [0.05, 0.1) is 28.4 Å². The van der Waals surface area contributed by atoms with Gasteiger partial charge in [0, 0.05) is 66.4 Å². The van der Waals surface area contributed by atoms with Gasteiger partial charge >= 0.3 is 0 Å². The van der Waals surface area contributed by atoms with Crippen LogP contribution < -0.4 is 55.9 Å². The average molecular weight is 1330 g/mol. The highest BCUT2D eigenvalue weighted by molar-refractivity contribution is 7.39. The lowest BCUT2D eigenvalue weighted by Crippen LogP contribution is -2.61. The molecule has 0 aliphatic carbocycles. The van der Waals surface area contributed by atoms with Crippen molar-refractivity contribution < 1.29 is 0 Å². The first kappa shape index (κ1) is 59.0. The third-order valence-electron chi connectivity index (χ3n) is 21.6. The predicted octanol–water partition coefficient (Wildman–Crippen LogP) is 22.0. The summed E-state index contributed by atoms with van der Waals surface area (Å²) < 4.78 is 2.68. The van der Waals surface area contributed by atoms with Gasteiger partial charge in [-0.1, -0.05) is 255 Å². The van der Waals surface area contributed by atoms with E-state index in [1.807, 2.05) is 11.3 Å². The first-order valence-corrected chi connectivity index (χ1v) is 36.4. The molecule has 1 aromatic heterocycles. The Bertz CT molecular complexity index is 5880. The molecule has 21 rings (SSSR count). The van der Waals surface area contributed by atoms with Crippen molar-refractivity contribution >= 4 is 141 Å². The Labute approximate surface area is 605 Å². The van der Waals surface area contributed by atoms with Crippen LogP contribution in [0.5, 0.6) is 0 Å². The molecule has 5 aliphatic heterocycles. The van der Waals surface area contributed by atoms with E-state index in [0.29, 0.717) is 0 Å². The number of hydrogen-bond acceptors (Lipinski definition) is 6. The van der Waals surface area contributed by atoms with Gasteiger partial charge in [0.15, 0.2) is 0 Å². The molecule has 8 heteroatoms. The number of benzene rings is 15. The second-order valence-electron chi connectivity index (χ2n) is 27.6.